The Morgan fingerprint density at radius 2 is 2.00 bits per heavy atom. The van der Waals surface area contributed by atoms with Gasteiger partial charge in [0.15, 0.2) is 0 Å². The highest BCUT2D eigenvalue weighted by Crippen LogP contribution is 2.27. The summed E-state index contributed by atoms with van der Waals surface area (Å²) in [6.45, 7) is 0.732. The molecule has 1 aliphatic rings. The Balaban J connectivity index is 1.97. The predicted octanol–water partition coefficient (Wildman–Crippen LogP) is 1.98. The fourth-order valence-corrected chi connectivity index (χ4v) is 2.19. The van der Waals surface area contributed by atoms with E-state index in [1.807, 2.05) is 12.1 Å². The van der Waals surface area contributed by atoms with E-state index in [-0.39, 0.29) is 0 Å². The van der Waals surface area contributed by atoms with Crippen LogP contribution in [0.5, 0.6) is 5.75 Å². The highest BCUT2D eigenvalue weighted by Gasteiger charge is 2.25. The first-order valence-corrected chi connectivity index (χ1v) is 5.67. The van der Waals surface area contributed by atoms with Crippen LogP contribution in [0.1, 0.15) is 25.7 Å². The Morgan fingerprint density at radius 3 is 2.73 bits per heavy atom. The van der Waals surface area contributed by atoms with Gasteiger partial charge in [0, 0.05) is 18.3 Å². The van der Waals surface area contributed by atoms with Crippen LogP contribution in [0, 0.1) is 5.92 Å². The normalized spacial score (nSPS) is 26.2. The Kier molecular flexibility index (Phi) is 3.56. The van der Waals surface area contributed by atoms with E-state index >= 15 is 0 Å². The monoisotopic (exact) mass is 206 g/mol. The van der Waals surface area contributed by atoms with Gasteiger partial charge in [-0.25, -0.2) is 0 Å². The highest BCUT2D eigenvalue weighted by molar-refractivity contribution is 5.17. The summed E-state index contributed by atoms with van der Waals surface area (Å²) in [7, 11) is 0. The molecule has 1 heterocycles. The fraction of sp³-hybridized carbons (Fsp3) is 0.583. The molecule has 2 N–H and O–H groups in total. The molecule has 0 saturated heterocycles. The zero-order valence-electron chi connectivity index (χ0n) is 8.93. The lowest BCUT2D eigenvalue weighted by molar-refractivity contribution is 0.0969. The van der Waals surface area contributed by atoms with Crippen molar-refractivity contribution in [3.8, 4) is 5.75 Å². The van der Waals surface area contributed by atoms with Crippen molar-refractivity contribution < 1.29 is 4.74 Å². The lowest BCUT2D eigenvalue weighted by Crippen LogP contribution is -2.35. The third-order valence-corrected chi connectivity index (χ3v) is 3.08. The number of nitrogens with zero attached hydrogens (tertiary/aromatic N) is 1. The summed E-state index contributed by atoms with van der Waals surface area (Å²) in [5.74, 6) is 1.43. The van der Waals surface area contributed by atoms with Crippen LogP contribution in [0.2, 0.25) is 0 Å². The van der Waals surface area contributed by atoms with Gasteiger partial charge >= 0.3 is 0 Å². The van der Waals surface area contributed by atoms with E-state index in [9.17, 15) is 0 Å². The number of rotatable bonds is 3. The smallest absolute Gasteiger partial charge is 0.122 e. The summed E-state index contributed by atoms with van der Waals surface area (Å²) in [5, 5.41) is 0. The van der Waals surface area contributed by atoms with E-state index in [4.69, 9.17) is 10.5 Å². The molecule has 0 radical (unpaired) electrons. The maximum absolute atomic E-state index is 5.94. The molecule has 3 heteroatoms. The molecule has 0 spiro atoms. The quantitative estimate of drug-likeness (QED) is 0.822. The van der Waals surface area contributed by atoms with Crippen molar-refractivity contribution in [1.29, 1.82) is 0 Å². The van der Waals surface area contributed by atoms with Gasteiger partial charge in [-0.15, -0.1) is 0 Å². The van der Waals surface area contributed by atoms with Crippen LogP contribution in [0.25, 0.3) is 0 Å². The summed E-state index contributed by atoms with van der Waals surface area (Å²) in [6, 6.07) is 3.81. The van der Waals surface area contributed by atoms with Gasteiger partial charge in [-0.3, -0.25) is 4.98 Å². The van der Waals surface area contributed by atoms with E-state index in [2.05, 4.69) is 4.98 Å². The van der Waals surface area contributed by atoms with Gasteiger partial charge in [-0.2, -0.15) is 0 Å². The molecule has 0 aromatic carbocycles. The molecule has 2 rings (SSSR count). The van der Waals surface area contributed by atoms with Crippen LogP contribution in [-0.2, 0) is 0 Å². The van der Waals surface area contributed by atoms with Crippen LogP contribution < -0.4 is 10.5 Å². The number of nitrogens with two attached hydrogens (primary N) is 1. The average Bonchev–Trinajstić information content (AvgIpc) is 2.31. The van der Waals surface area contributed by atoms with Crippen LogP contribution >= 0.6 is 0 Å². The first-order valence-electron chi connectivity index (χ1n) is 5.67. The van der Waals surface area contributed by atoms with Crippen LogP contribution in [-0.4, -0.2) is 17.6 Å². The Bertz CT molecular complexity index is 289. The van der Waals surface area contributed by atoms with Crippen molar-refractivity contribution in [3.63, 3.8) is 0 Å². The van der Waals surface area contributed by atoms with E-state index in [0.29, 0.717) is 12.0 Å². The zero-order valence-corrected chi connectivity index (χ0v) is 8.93. The summed E-state index contributed by atoms with van der Waals surface area (Å²) in [4.78, 5) is 3.97. The molecule has 82 valence electrons. The first kappa shape index (κ1) is 10.4. The molecule has 1 aromatic rings. The molecule has 0 aliphatic heterocycles. The second-order valence-corrected chi connectivity index (χ2v) is 4.12. The molecular formula is C12H18N2O. The van der Waals surface area contributed by atoms with Crippen molar-refractivity contribution in [2.75, 3.05) is 6.54 Å². The van der Waals surface area contributed by atoms with Gasteiger partial charge in [0.05, 0.1) is 0 Å². The number of aromatic nitrogens is 1. The van der Waals surface area contributed by atoms with E-state index < -0.39 is 0 Å². The first-order chi connectivity index (χ1) is 7.40. The minimum absolute atomic E-state index is 0.297. The van der Waals surface area contributed by atoms with E-state index in [1.54, 1.807) is 12.4 Å². The summed E-state index contributed by atoms with van der Waals surface area (Å²) in [6.07, 6.45) is 8.69. The van der Waals surface area contributed by atoms with Gasteiger partial charge < -0.3 is 10.5 Å². The highest BCUT2D eigenvalue weighted by atomic mass is 16.5. The molecule has 0 bridgehead atoms. The van der Waals surface area contributed by atoms with Gasteiger partial charge in [-0.05, 0) is 37.9 Å². The van der Waals surface area contributed by atoms with Gasteiger partial charge in [0.25, 0.3) is 0 Å². The molecule has 3 nitrogen and oxygen atoms in total. The Hall–Kier alpha value is -1.09. The average molecular weight is 206 g/mol. The summed E-state index contributed by atoms with van der Waals surface area (Å²) < 4.78 is 5.94. The molecule has 15 heavy (non-hydrogen) atoms. The van der Waals surface area contributed by atoms with Crippen LogP contribution in [0.15, 0.2) is 24.5 Å². The van der Waals surface area contributed by atoms with Crippen molar-refractivity contribution in [2.24, 2.45) is 11.7 Å². The number of hydrogen-bond acceptors (Lipinski definition) is 3. The molecule has 0 amide bonds. The molecule has 1 aromatic heterocycles. The lowest BCUT2D eigenvalue weighted by Gasteiger charge is -2.30. The van der Waals surface area contributed by atoms with Crippen molar-refractivity contribution in [1.82, 2.24) is 4.98 Å². The van der Waals surface area contributed by atoms with Gasteiger partial charge in [-0.1, -0.05) is 6.42 Å². The fourth-order valence-electron chi connectivity index (χ4n) is 2.19. The summed E-state index contributed by atoms with van der Waals surface area (Å²) in [5.41, 5.74) is 5.75. The zero-order chi connectivity index (χ0) is 10.5. The van der Waals surface area contributed by atoms with Gasteiger partial charge in [0.1, 0.15) is 11.9 Å². The number of hydrogen-bond donors (Lipinski definition) is 1. The molecule has 1 saturated carbocycles. The second kappa shape index (κ2) is 5.12. The SMILES string of the molecule is NCC1CCCCC1Oc1ccncc1. The topological polar surface area (TPSA) is 48.1 Å². The van der Waals surface area contributed by atoms with E-state index in [1.165, 1.54) is 19.3 Å². The molecule has 1 fully saturated rings. The second-order valence-electron chi connectivity index (χ2n) is 4.12. The van der Waals surface area contributed by atoms with Crippen molar-refractivity contribution in [2.45, 2.75) is 31.8 Å². The minimum Gasteiger partial charge on any atom is -0.490 e. The number of ether oxygens (including phenoxy) is 1. The third-order valence-electron chi connectivity index (χ3n) is 3.08. The van der Waals surface area contributed by atoms with Crippen LogP contribution in [0.3, 0.4) is 0 Å². The largest absolute Gasteiger partial charge is 0.490 e. The lowest BCUT2D eigenvalue weighted by atomic mass is 9.86. The van der Waals surface area contributed by atoms with E-state index in [0.717, 1.165) is 18.7 Å². The predicted molar refractivity (Wildman–Crippen MR) is 59.7 cm³/mol. The van der Waals surface area contributed by atoms with Crippen molar-refractivity contribution >= 4 is 0 Å². The Labute approximate surface area is 90.7 Å². The molecule has 2 atom stereocenters. The maximum Gasteiger partial charge on any atom is 0.122 e. The molecule has 1 aliphatic carbocycles. The standard InChI is InChI=1S/C12H18N2O/c13-9-10-3-1-2-4-12(10)15-11-5-7-14-8-6-11/h5-8,10,12H,1-4,9,13H2. The molecular weight excluding hydrogens is 188 g/mol. The van der Waals surface area contributed by atoms with Crippen LogP contribution in [0.4, 0.5) is 0 Å². The molecule has 2 unspecified atom stereocenters. The summed E-state index contributed by atoms with van der Waals surface area (Å²) >= 11 is 0. The number of pyridine rings is 1. The third kappa shape index (κ3) is 2.69. The Morgan fingerprint density at radius 1 is 1.27 bits per heavy atom. The van der Waals surface area contributed by atoms with Crippen molar-refractivity contribution in [3.05, 3.63) is 24.5 Å². The maximum atomic E-state index is 5.94. The van der Waals surface area contributed by atoms with Gasteiger partial charge in [0.2, 0.25) is 0 Å². The minimum atomic E-state index is 0.297.